The number of carbonyl (C=O) groups is 1. The van der Waals surface area contributed by atoms with Crippen molar-refractivity contribution in [2.45, 2.75) is 20.3 Å². The number of hydrogen-bond donors (Lipinski definition) is 1. The van der Waals surface area contributed by atoms with Gasteiger partial charge in [0.1, 0.15) is 12.4 Å². The molecule has 3 heteroatoms. The Morgan fingerprint density at radius 2 is 1.95 bits per heavy atom. The molecular weight excluding hydrogens is 262 g/mol. The van der Waals surface area contributed by atoms with E-state index >= 15 is 0 Å². The fraction of sp³-hybridized carbons (Fsp3) is 0.278. The molecule has 0 fully saturated rings. The maximum atomic E-state index is 12.4. The summed E-state index contributed by atoms with van der Waals surface area (Å²) < 4.78 is 5.69. The molecule has 108 valence electrons. The van der Waals surface area contributed by atoms with E-state index in [1.807, 2.05) is 56.3 Å². The number of aryl methyl sites for hydroxylation is 1. The van der Waals surface area contributed by atoms with E-state index in [1.54, 1.807) is 0 Å². The number of para-hydroxylation sites is 1. The third-order valence-electron chi connectivity index (χ3n) is 4.11. The second-order valence-electron chi connectivity index (χ2n) is 5.56. The number of hydrogen-bond acceptors (Lipinski definition) is 2. The van der Waals surface area contributed by atoms with Crippen LogP contribution in [0.5, 0.6) is 5.75 Å². The van der Waals surface area contributed by atoms with Gasteiger partial charge in [-0.2, -0.15) is 0 Å². The molecule has 3 nitrogen and oxygen atoms in total. The van der Waals surface area contributed by atoms with Crippen LogP contribution in [0.25, 0.3) is 0 Å². The third-order valence-corrected chi connectivity index (χ3v) is 4.11. The third kappa shape index (κ3) is 2.77. The Labute approximate surface area is 124 Å². The molecule has 0 bridgehead atoms. The van der Waals surface area contributed by atoms with Crippen LogP contribution in [0.1, 0.15) is 16.7 Å². The van der Waals surface area contributed by atoms with Gasteiger partial charge in [0.2, 0.25) is 5.91 Å². The topological polar surface area (TPSA) is 38.3 Å². The molecule has 2 aromatic carbocycles. The fourth-order valence-electron chi connectivity index (χ4n) is 2.62. The maximum absolute atomic E-state index is 12.4. The molecule has 2 aromatic rings. The van der Waals surface area contributed by atoms with Crippen molar-refractivity contribution in [2.75, 3.05) is 11.9 Å². The molecule has 21 heavy (non-hydrogen) atoms. The van der Waals surface area contributed by atoms with E-state index in [2.05, 4.69) is 5.32 Å². The van der Waals surface area contributed by atoms with Gasteiger partial charge in [0.15, 0.2) is 0 Å². The highest BCUT2D eigenvalue weighted by Crippen LogP contribution is 2.28. The largest absolute Gasteiger partial charge is 0.492 e. The molecule has 0 radical (unpaired) electrons. The molecule has 1 N–H and O–H groups in total. The Kier molecular flexibility index (Phi) is 3.65. The van der Waals surface area contributed by atoms with Crippen LogP contribution in [0.3, 0.4) is 0 Å². The zero-order valence-corrected chi connectivity index (χ0v) is 12.3. The average molecular weight is 281 g/mol. The van der Waals surface area contributed by atoms with E-state index in [9.17, 15) is 4.79 Å². The van der Waals surface area contributed by atoms with Crippen molar-refractivity contribution < 1.29 is 9.53 Å². The van der Waals surface area contributed by atoms with Gasteiger partial charge < -0.3 is 10.1 Å². The molecule has 1 heterocycles. The van der Waals surface area contributed by atoms with Gasteiger partial charge in [-0.15, -0.1) is 0 Å². The van der Waals surface area contributed by atoms with E-state index in [-0.39, 0.29) is 11.8 Å². The summed E-state index contributed by atoms with van der Waals surface area (Å²) >= 11 is 0. The molecule has 1 aliphatic heterocycles. The minimum atomic E-state index is -0.139. The highest BCUT2D eigenvalue weighted by Gasteiger charge is 2.26. The molecule has 0 aromatic heterocycles. The zero-order chi connectivity index (χ0) is 14.8. The lowest BCUT2D eigenvalue weighted by Gasteiger charge is -2.24. The lowest BCUT2D eigenvalue weighted by molar-refractivity contribution is -0.121. The van der Waals surface area contributed by atoms with Crippen molar-refractivity contribution >= 4 is 11.6 Å². The first-order valence-corrected chi connectivity index (χ1v) is 7.23. The summed E-state index contributed by atoms with van der Waals surface area (Å²) in [6.45, 7) is 4.51. The van der Waals surface area contributed by atoms with Crippen LogP contribution in [-0.4, -0.2) is 12.5 Å². The van der Waals surface area contributed by atoms with Gasteiger partial charge in [-0.05, 0) is 49.1 Å². The first-order valence-electron chi connectivity index (χ1n) is 7.23. The number of anilines is 1. The smallest absolute Gasteiger partial charge is 0.231 e. The molecule has 1 amide bonds. The van der Waals surface area contributed by atoms with Gasteiger partial charge in [-0.3, -0.25) is 4.79 Å². The normalized spacial score (nSPS) is 16.8. The second-order valence-corrected chi connectivity index (χ2v) is 5.56. The number of amides is 1. The summed E-state index contributed by atoms with van der Waals surface area (Å²) in [6, 6.07) is 13.9. The van der Waals surface area contributed by atoms with E-state index in [0.29, 0.717) is 6.61 Å². The SMILES string of the molecule is Cc1cccc(NC(=O)[C@H]2COc3ccccc3C2)c1C. The highest BCUT2D eigenvalue weighted by molar-refractivity contribution is 5.93. The van der Waals surface area contributed by atoms with E-state index in [0.717, 1.165) is 29.0 Å². The van der Waals surface area contributed by atoms with Crippen molar-refractivity contribution in [3.8, 4) is 5.75 Å². The van der Waals surface area contributed by atoms with Crippen molar-refractivity contribution in [3.63, 3.8) is 0 Å². The first kappa shape index (κ1) is 13.7. The number of rotatable bonds is 2. The van der Waals surface area contributed by atoms with E-state index in [1.165, 1.54) is 5.56 Å². The Morgan fingerprint density at radius 1 is 1.14 bits per heavy atom. The van der Waals surface area contributed by atoms with Gasteiger partial charge in [0.05, 0.1) is 5.92 Å². The zero-order valence-electron chi connectivity index (χ0n) is 12.3. The summed E-state index contributed by atoms with van der Waals surface area (Å²) in [6.07, 6.45) is 0.729. The summed E-state index contributed by atoms with van der Waals surface area (Å²) in [5.74, 6) is 0.784. The Hall–Kier alpha value is -2.29. The summed E-state index contributed by atoms with van der Waals surface area (Å²) in [5.41, 5.74) is 4.28. The van der Waals surface area contributed by atoms with Gasteiger partial charge >= 0.3 is 0 Å². The summed E-state index contributed by atoms with van der Waals surface area (Å²) in [7, 11) is 0. The van der Waals surface area contributed by atoms with Crippen LogP contribution in [-0.2, 0) is 11.2 Å². The number of nitrogens with one attached hydrogen (secondary N) is 1. The van der Waals surface area contributed by atoms with Gasteiger partial charge in [0, 0.05) is 5.69 Å². The quantitative estimate of drug-likeness (QED) is 0.915. The molecule has 0 aliphatic carbocycles. The monoisotopic (exact) mass is 281 g/mol. The number of ether oxygens (including phenoxy) is 1. The van der Waals surface area contributed by atoms with Crippen LogP contribution in [0.15, 0.2) is 42.5 Å². The predicted molar refractivity (Wildman–Crippen MR) is 83.7 cm³/mol. The van der Waals surface area contributed by atoms with Gasteiger partial charge in [-0.1, -0.05) is 30.3 Å². The summed E-state index contributed by atoms with van der Waals surface area (Å²) in [5, 5.41) is 3.03. The molecule has 0 saturated carbocycles. The standard InChI is InChI=1S/C18H19NO2/c1-12-6-5-8-16(13(12)2)19-18(20)15-10-14-7-3-4-9-17(14)21-11-15/h3-9,15H,10-11H2,1-2H3,(H,19,20)/t15-/m1/s1. The lowest BCUT2D eigenvalue weighted by Crippen LogP contribution is -2.32. The molecule has 0 saturated heterocycles. The van der Waals surface area contributed by atoms with E-state index < -0.39 is 0 Å². The van der Waals surface area contributed by atoms with Crippen LogP contribution in [0.4, 0.5) is 5.69 Å². The molecule has 1 atom stereocenters. The van der Waals surface area contributed by atoms with Crippen molar-refractivity contribution in [1.82, 2.24) is 0 Å². The lowest BCUT2D eigenvalue weighted by atomic mass is 9.95. The number of fused-ring (bicyclic) bond motifs is 1. The van der Waals surface area contributed by atoms with Crippen molar-refractivity contribution in [2.24, 2.45) is 5.92 Å². The van der Waals surface area contributed by atoms with E-state index in [4.69, 9.17) is 4.74 Å². The van der Waals surface area contributed by atoms with Crippen LogP contribution in [0, 0.1) is 19.8 Å². The van der Waals surface area contributed by atoms with Crippen molar-refractivity contribution in [3.05, 3.63) is 59.2 Å². The molecule has 1 aliphatic rings. The molecule has 0 unspecified atom stereocenters. The van der Waals surface area contributed by atoms with Crippen LogP contribution >= 0.6 is 0 Å². The van der Waals surface area contributed by atoms with Gasteiger partial charge in [0.25, 0.3) is 0 Å². The first-order chi connectivity index (χ1) is 10.1. The highest BCUT2D eigenvalue weighted by atomic mass is 16.5. The van der Waals surface area contributed by atoms with Crippen molar-refractivity contribution in [1.29, 1.82) is 0 Å². The Balaban J connectivity index is 1.74. The fourth-order valence-corrected chi connectivity index (χ4v) is 2.62. The number of carbonyl (C=O) groups excluding carboxylic acids is 1. The number of benzene rings is 2. The minimum Gasteiger partial charge on any atom is -0.492 e. The second kappa shape index (κ2) is 5.60. The summed E-state index contributed by atoms with van der Waals surface area (Å²) in [4.78, 5) is 12.4. The maximum Gasteiger partial charge on any atom is 0.231 e. The minimum absolute atomic E-state index is 0.0261. The van der Waals surface area contributed by atoms with Crippen LogP contribution in [0.2, 0.25) is 0 Å². The molecule has 0 spiro atoms. The van der Waals surface area contributed by atoms with Gasteiger partial charge in [-0.25, -0.2) is 0 Å². The molecule has 3 rings (SSSR count). The van der Waals surface area contributed by atoms with Crippen LogP contribution < -0.4 is 10.1 Å². The predicted octanol–water partition coefficient (Wildman–Crippen LogP) is 3.49. The Bertz CT molecular complexity index is 679. The molecular formula is C18H19NO2. The average Bonchev–Trinajstić information content (AvgIpc) is 2.51. The Morgan fingerprint density at radius 3 is 2.81 bits per heavy atom.